The van der Waals surface area contributed by atoms with Gasteiger partial charge in [0, 0.05) is 18.4 Å². The van der Waals surface area contributed by atoms with Crippen molar-refractivity contribution in [1.82, 2.24) is 0 Å². The van der Waals surface area contributed by atoms with E-state index in [-0.39, 0.29) is 19.0 Å². The highest BCUT2D eigenvalue weighted by molar-refractivity contribution is 5.85. The lowest BCUT2D eigenvalue weighted by molar-refractivity contribution is 0.0846. The van der Waals surface area contributed by atoms with E-state index in [1.54, 1.807) is 6.92 Å². The van der Waals surface area contributed by atoms with Gasteiger partial charge in [-0.3, -0.25) is 0 Å². The lowest BCUT2D eigenvalue weighted by atomic mass is 10.2. The summed E-state index contributed by atoms with van der Waals surface area (Å²) in [5, 5.41) is 0. The van der Waals surface area contributed by atoms with E-state index in [2.05, 4.69) is 0 Å². The second-order valence-corrected chi connectivity index (χ2v) is 2.53. The van der Waals surface area contributed by atoms with Gasteiger partial charge in [0.05, 0.1) is 0 Å². The van der Waals surface area contributed by atoms with Gasteiger partial charge in [-0.1, -0.05) is 6.92 Å². The van der Waals surface area contributed by atoms with Gasteiger partial charge >= 0.3 is 0 Å². The number of hydrogen-bond donors (Lipinski definition) is 1. The fourth-order valence-electron chi connectivity index (χ4n) is 1.34. The van der Waals surface area contributed by atoms with Crippen molar-refractivity contribution in [2.24, 2.45) is 17.6 Å². The van der Waals surface area contributed by atoms with E-state index in [0.29, 0.717) is 6.42 Å². The van der Waals surface area contributed by atoms with Crippen molar-refractivity contribution in [1.29, 1.82) is 0 Å². The Kier molecular flexibility index (Phi) is 3.04. The van der Waals surface area contributed by atoms with Crippen molar-refractivity contribution in [3.63, 3.8) is 0 Å². The molecule has 0 aromatic heterocycles. The minimum absolute atomic E-state index is 0. The van der Waals surface area contributed by atoms with Crippen molar-refractivity contribution in [2.45, 2.75) is 19.3 Å². The summed E-state index contributed by atoms with van der Waals surface area (Å²) in [6.45, 7) is 1.90. The van der Waals surface area contributed by atoms with Crippen LogP contribution in [0.4, 0.5) is 8.78 Å². The van der Waals surface area contributed by atoms with Crippen LogP contribution in [0.3, 0.4) is 0 Å². The first-order chi connectivity index (χ1) is 4.14. The second-order valence-electron chi connectivity index (χ2n) is 2.53. The highest BCUT2D eigenvalue weighted by Gasteiger charge is 2.65. The predicted molar refractivity (Wildman–Crippen MR) is 38.5 cm³/mol. The Morgan fingerprint density at radius 2 is 1.90 bits per heavy atom. The van der Waals surface area contributed by atoms with Crippen molar-refractivity contribution in [2.75, 3.05) is 6.54 Å². The molecule has 0 amide bonds. The van der Waals surface area contributed by atoms with Crippen molar-refractivity contribution < 1.29 is 8.78 Å². The summed E-state index contributed by atoms with van der Waals surface area (Å²) in [7, 11) is 0. The van der Waals surface area contributed by atoms with E-state index >= 15 is 0 Å². The van der Waals surface area contributed by atoms with Crippen LogP contribution in [-0.4, -0.2) is 12.5 Å². The van der Waals surface area contributed by atoms with E-state index < -0.39 is 17.8 Å². The van der Waals surface area contributed by atoms with Gasteiger partial charge in [-0.05, 0) is 6.42 Å². The Labute approximate surface area is 65.4 Å². The Morgan fingerprint density at radius 3 is 2.00 bits per heavy atom. The molecule has 0 aliphatic heterocycles. The molecule has 1 aliphatic carbocycles. The van der Waals surface area contributed by atoms with Crippen LogP contribution in [0.2, 0.25) is 0 Å². The first kappa shape index (κ1) is 10.1. The van der Waals surface area contributed by atoms with E-state index in [9.17, 15) is 8.78 Å². The summed E-state index contributed by atoms with van der Waals surface area (Å²) in [4.78, 5) is 0. The van der Waals surface area contributed by atoms with Gasteiger partial charge in [0.2, 0.25) is 0 Å². The van der Waals surface area contributed by atoms with Crippen LogP contribution in [0.15, 0.2) is 0 Å². The lowest BCUT2D eigenvalue weighted by Crippen LogP contribution is -2.06. The molecule has 0 spiro atoms. The molecule has 1 rings (SSSR count). The molecule has 1 aliphatic rings. The van der Waals surface area contributed by atoms with E-state index in [1.807, 2.05) is 0 Å². The fourth-order valence-corrected chi connectivity index (χ4v) is 1.34. The third kappa shape index (κ3) is 1.25. The number of hydrogen-bond acceptors (Lipinski definition) is 1. The van der Waals surface area contributed by atoms with Crippen molar-refractivity contribution in [3.05, 3.63) is 0 Å². The summed E-state index contributed by atoms with van der Waals surface area (Å²) < 4.78 is 24.8. The molecule has 0 bridgehead atoms. The van der Waals surface area contributed by atoms with Gasteiger partial charge in [-0.15, -0.1) is 12.4 Å². The van der Waals surface area contributed by atoms with Gasteiger partial charge < -0.3 is 5.73 Å². The van der Waals surface area contributed by atoms with Gasteiger partial charge in [0.15, 0.2) is 0 Å². The summed E-state index contributed by atoms with van der Waals surface area (Å²) in [5.74, 6) is -3.39. The molecule has 4 heteroatoms. The SMILES string of the molecule is CC[C@@H]1[C@H](CN)C1(F)F.Cl. The van der Waals surface area contributed by atoms with Crippen LogP contribution in [0, 0.1) is 11.8 Å². The van der Waals surface area contributed by atoms with E-state index in [1.165, 1.54) is 0 Å². The minimum atomic E-state index is -2.44. The fraction of sp³-hybridized carbons (Fsp3) is 1.00. The highest BCUT2D eigenvalue weighted by Crippen LogP contribution is 2.56. The molecule has 2 N–H and O–H groups in total. The Balaban J connectivity index is 0.000000810. The molecule has 0 unspecified atom stereocenters. The Bertz CT molecular complexity index is 106. The van der Waals surface area contributed by atoms with Crippen molar-refractivity contribution in [3.8, 4) is 0 Å². The maximum Gasteiger partial charge on any atom is 0.255 e. The molecular formula is C6H12ClF2N. The minimum Gasteiger partial charge on any atom is -0.330 e. The van der Waals surface area contributed by atoms with E-state index in [4.69, 9.17) is 5.73 Å². The third-order valence-corrected chi connectivity index (χ3v) is 2.06. The van der Waals surface area contributed by atoms with Crippen LogP contribution in [0.25, 0.3) is 0 Å². The first-order valence-electron chi connectivity index (χ1n) is 3.22. The lowest BCUT2D eigenvalue weighted by Gasteiger charge is -1.88. The molecule has 2 atom stereocenters. The average molecular weight is 172 g/mol. The summed E-state index contributed by atoms with van der Waals surface area (Å²) in [6, 6.07) is 0. The van der Waals surface area contributed by atoms with Crippen LogP contribution >= 0.6 is 12.4 Å². The molecule has 62 valence electrons. The largest absolute Gasteiger partial charge is 0.330 e. The zero-order valence-corrected chi connectivity index (χ0v) is 6.63. The molecular weight excluding hydrogens is 160 g/mol. The monoisotopic (exact) mass is 171 g/mol. The van der Waals surface area contributed by atoms with Crippen LogP contribution < -0.4 is 5.73 Å². The molecule has 1 fully saturated rings. The number of alkyl halides is 2. The quantitative estimate of drug-likeness (QED) is 0.672. The van der Waals surface area contributed by atoms with Crippen LogP contribution in [-0.2, 0) is 0 Å². The molecule has 0 saturated heterocycles. The van der Waals surface area contributed by atoms with Crippen LogP contribution in [0.5, 0.6) is 0 Å². The summed E-state index contributed by atoms with van der Waals surface area (Å²) in [6.07, 6.45) is 0.550. The number of rotatable bonds is 2. The van der Waals surface area contributed by atoms with Gasteiger partial charge in [-0.2, -0.15) is 0 Å². The predicted octanol–water partition coefficient (Wildman–Crippen LogP) is 1.66. The van der Waals surface area contributed by atoms with Crippen LogP contribution in [0.1, 0.15) is 13.3 Å². The van der Waals surface area contributed by atoms with E-state index in [0.717, 1.165) is 0 Å². The Morgan fingerprint density at radius 1 is 1.40 bits per heavy atom. The molecule has 0 heterocycles. The smallest absolute Gasteiger partial charge is 0.255 e. The summed E-state index contributed by atoms with van der Waals surface area (Å²) in [5.41, 5.74) is 5.10. The molecule has 0 radical (unpaired) electrons. The standard InChI is InChI=1S/C6H11F2N.ClH/c1-2-4-5(3-9)6(4,7)8;/h4-5H,2-3,9H2,1H3;1H/t4-,5+;/m1./s1. The first-order valence-corrected chi connectivity index (χ1v) is 3.22. The molecule has 1 saturated carbocycles. The Hall–Kier alpha value is 0.110. The number of nitrogens with two attached hydrogens (primary N) is 1. The molecule has 1 nitrogen and oxygen atoms in total. The third-order valence-electron chi connectivity index (χ3n) is 2.06. The molecule has 0 aromatic rings. The molecule has 0 aromatic carbocycles. The topological polar surface area (TPSA) is 26.0 Å². The van der Waals surface area contributed by atoms with Crippen molar-refractivity contribution >= 4 is 12.4 Å². The number of halogens is 3. The maximum atomic E-state index is 12.4. The zero-order valence-electron chi connectivity index (χ0n) is 5.81. The second kappa shape index (κ2) is 3.01. The van der Waals surface area contributed by atoms with Gasteiger partial charge in [-0.25, -0.2) is 8.78 Å². The zero-order chi connectivity index (χ0) is 7.07. The average Bonchev–Trinajstić information content (AvgIpc) is 2.32. The highest BCUT2D eigenvalue weighted by atomic mass is 35.5. The maximum absolute atomic E-state index is 12.4. The summed E-state index contributed by atoms with van der Waals surface area (Å²) >= 11 is 0. The van der Waals surface area contributed by atoms with Gasteiger partial charge in [0.25, 0.3) is 5.92 Å². The normalized spacial score (nSPS) is 34.8. The van der Waals surface area contributed by atoms with Gasteiger partial charge in [0.1, 0.15) is 0 Å². The molecule has 10 heavy (non-hydrogen) atoms.